The smallest absolute Gasteiger partial charge is 0.307 e. The van der Waals surface area contributed by atoms with Crippen molar-refractivity contribution in [2.75, 3.05) is 12.4 Å². The molecule has 1 aromatic carbocycles. The summed E-state index contributed by atoms with van der Waals surface area (Å²) >= 11 is 5.96. The first-order valence-electron chi connectivity index (χ1n) is 4.71. The van der Waals surface area contributed by atoms with Gasteiger partial charge in [0.2, 0.25) is 0 Å². The highest BCUT2D eigenvalue weighted by Crippen LogP contribution is 2.21. The van der Waals surface area contributed by atoms with Crippen molar-refractivity contribution in [3.05, 3.63) is 29.3 Å². The molecule has 3 nitrogen and oxygen atoms in total. The van der Waals surface area contributed by atoms with Crippen LogP contribution in [0.4, 0.5) is 5.69 Å². The van der Waals surface area contributed by atoms with Gasteiger partial charge in [0.25, 0.3) is 0 Å². The molecule has 1 N–H and O–H groups in total. The van der Waals surface area contributed by atoms with E-state index in [1.165, 1.54) is 7.11 Å². The van der Waals surface area contributed by atoms with Crippen molar-refractivity contribution in [3.63, 3.8) is 0 Å². The predicted octanol–water partition coefficient (Wildman–Crippen LogP) is 2.70. The number of esters is 1. The standard InChI is InChI=1S/C11H14ClNO2/c1-8(7-11(14)15-2)13-10-6-4-3-5-9(10)12/h3-6,8,13H,7H2,1-2H3. The number of carbonyl (C=O) groups is 1. The number of halogens is 1. The number of carbonyl (C=O) groups excluding carboxylic acids is 1. The summed E-state index contributed by atoms with van der Waals surface area (Å²) in [5.74, 6) is -0.234. The Balaban J connectivity index is 2.55. The zero-order chi connectivity index (χ0) is 11.3. The van der Waals surface area contributed by atoms with Crippen molar-refractivity contribution >= 4 is 23.3 Å². The van der Waals surface area contributed by atoms with Gasteiger partial charge >= 0.3 is 5.97 Å². The third kappa shape index (κ3) is 3.80. The third-order valence-corrected chi connectivity index (χ3v) is 2.31. The molecular weight excluding hydrogens is 214 g/mol. The molecule has 1 atom stereocenters. The molecule has 1 aromatic rings. The lowest BCUT2D eigenvalue weighted by Crippen LogP contribution is -2.20. The van der Waals surface area contributed by atoms with Crippen molar-refractivity contribution < 1.29 is 9.53 Å². The van der Waals surface area contributed by atoms with Gasteiger partial charge < -0.3 is 10.1 Å². The quantitative estimate of drug-likeness (QED) is 0.804. The van der Waals surface area contributed by atoms with Crippen LogP contribution in [0.5, 0.6) is 0 Å². The van der Waals surface area contributed by atoms with Gasteiger partial charge in [-0.3, -0.25) is 4.79 Å². The number of anilines is 1. The number of para-hydroxylation sites is 1. The second kappa shape index (κ2) is 5.61. The van der Waals surface area contributed by atoms with E-state index in [2.05, 4.69) is 10.1 Å². The van der Waals surface area contributed by atoms with Crippen LogP contribution in [-0.4, -0.2) is 19.1 Å². The Bertz CT molecular complexity index is 341. The topological polar surface area (TPSA) is 38.3 Å². The van der Waals surface area contributed by atoms with Gasteiger partial charge in [-0.25, -0.2) is 0 Å². The second-order valence-corrected chi connectivity index (χ2v) is 3.71. The van der Waals surface area contributed by atoms with E-state index in [1.54, 1.807) is 6.07 Å². The molecule has 0 aliphatic carbocycles. The van der Waals surface area contributed by atoms with Crippen LogP contribution < -0.4 is 5.32 Å². The first-order chi connectivity index (χ1) is 7.13. The summed E-state index contributed by atoms with van der Waals surface area (Å²) in [6.07, 6.45) is 0.321. The zero-order valence-corrected chi connectivity index (χ0v) is 9.54. The molecule has 0 radical (unpaired) electrons. The predicted molar refractivity (Wildman–Crippen MR) is 61.2 cm³/mol. The molecule has 0 saturated heterocycles. The van der Waals surface area contributed by atoms with Crippen LogP contribution in [0.2, 0.25) is 5.02 Å². The van der Waals surface area contributed by atoms with Crippen molar-refractivity contribution in [2.24, 2.45) is 0 Å². The molecule has 0 heterocycles. The summed E-state index contributed by atoms with van der Waals surface area (Å²) in [5.41, 5.74) is 0.829. The molecule has 1 rings (SSSR count). The minimum atomic E-state index is -0.234. The monoisotopic (exact) mass is 227 g/mol. The van der Waals surface area contributed by atoms with Crippen molar-refractivity contribution in [1.29, 1.82) is 0 Å². The van der Waals surface area contributed by atoms with Crippen LogP contribution in [-0.2, 0) is 9.53 Å². The number of methoxy groups -OCH3 is 1. The average molecular weight is 228 g/mol. The zero-order valence-electron chi connectivity index (χ0n) is 8.79. The fraction of sp³-hybridized carbons (Fsp3) is 0.364. The first kappa shape index (κ1) is 11.9. The summed E-state index contributed by atoms with van der Waals surface area (Å²) in [6, 6.07) is 7.42. The van der Waals surface area contributed by atoms with Crippen LogP contribution in [0, 0.1) is 0 Å². The van der Waals surface area contributed by atoms with Crippen LogP contribution in [0.3, 0.4) is 0 Å². The number of nitrogens with one attached hydrogen (secondary N) is 1. The lowest BCUT2D eigenvalue weighted by Gasteiger charge is -2.14. The minimum Gasteiger partial charge on any atom is -0.469 e. The molecule has 15 heavy (non-hydrogen) atoms. The molecule has 82 valence electrons. The van der Waals surface area contributed by atoms with Gasteiger partial charge in [0.15, 0.2) is 0 Å². The molecule has 0 fully saturated rings. The molecule has 0 saturated carbocycles. The average Bonchev–Trinajstić information content (AvgIpc) is 2.21. The molecule has 0 aromatic heterocycles. The molecule has 0 spiro atoms. The molecule has 0 amide bonds. The lowest BCUT2D eigenvalue weighted by molar-refractivity contribution is -0.140. The van der Waals surface area contributed by atoms with Crippen LogP contribution in [0.25, 0.3) is 0 Å². The Kier molecular flexibility index (Phi) is 4.43. The fourth-order valence-corrected chi connectivity index (χ4v) is 1.42. The minimum absolute atomic E-state index is 0.00245. The van der Waals surface area contributed by atoms with E-state index in [-0.39, 0.29) is 12.0 Å². The number of hydrogen-bond donors (Lipinski definition) is 1. The van der Waals surface area contributed by atoms with Crippen LogP contribution in [0.15, 0.2) is 24.3 Å². The summed E-state index contributed by atoms with van der Waals surface area (Å²) in [4.78, 5) is 11.0. The molecule has 1 unspecified atom stereocenters. The van der Waals surface area contributed by atoms with Gasteiger partial charge in [-0.2, -0.15) is 0 Å². The Hall–Kier alpha value is -1.22. The van der Waals surface area contributed by atoms with E-state index in [4.69, 9.17) is 11.6 Å². The number of benzene rings is 1. The molecule has 0 aliphatic heterocycles. The van der Waals surface area contributed by atoms with E-state index < -0.39 is 0 Å². The Morgan fingerprint density at radius 3 is 2.80 bits per heavy atom. The van der Waals surface area contributed by atoms with Crippen LogP contribution in [0.1, 0.15) is 13.3 Å². The lowest BCUT2D eigenvalue weighted by atomic mass is 10.2. The maximum atomic E-state index is 11.0. The Morgan fingerprint density at radius 2 is 2.20 bits per heavy atom. The van der Waals surface area contributed by atoms with Gasteiger partial charge in [-0.1, -0.05) is 23.7 Å². The maximum Gasteiger partial charge on any atom is 0.307 e. The van der Waals surface area contributed by atoms with Crippen molar-refractivity contribution in [2.45, 2.75) is 19.4 Å². The molecule has 4 heteroatoms. The molecule has 0 aliphatic rings. The second-order valence-electron chi connectivity index (χ2n) is 3.31. The van der Waals surface area contributed by atoms with E-state index in [0.29, 0.717) is 11.4 Å². The van der Waals surface area contributed by atoms with Gasteiger partial charge in [-0.05, 0) is 19.1 Å². The van der Waals surface area contributed by atoms with E-state index in [1.807, 2.05) is 25.1 Å². The fourth-order valence-electron chi connectivity index (χ4n) is 1.23. The highest BCUT2D eigenvalue weighted by Gasteiger charge is 2.09. The first-order valence-corrected chi connectivity index (χ1v) is 5.09. The molecular formula is C11H14ClNO2. The van der Waals surface area contributed by atoms with E-state index in [9.17, 15) is 4.79 Å². The largest absolute Gasteiger partial charge is 0.469 e. The van der Waals surface area contributed by atoms with Crippen LogP contribution >= 0.6 is 11.6 Å². The van der Waals surface area contributed by atoms with Crippen molar-refractivity contribution in [1.82, 2.24) is 0 Å². The normalized spacial score (nSPS) is 11.9. The third-order valence-electron chi connectivity index (χ3n) is 1.98. The van der Waals surface area contributed by atoms with Crippen molar-refractivity contribution in [3.8, 4) is 0 Å². The maximum absolute atomic E-state index is 11.0. The SMILES string of the molecule is COC(=O)CC(C)Nc1ccccc1Cl. The van der Waals surface area contributed by atoms with Gasteiger partial charge in [0, 0.05) is 6.04 Å². The van der Waals surface area contributed by atoms with Gasteiger partial charge in [-0.15, -0.1) is 0 Å². The number of rotatable bonds is 4. The number of hydrogen-bond acceptors (Lipinski definition) is 3. The van der Waals surface area contributed by atoms with Gasteiger partial charge in [0.1, 0.15) is 0 Å². The highest BCUT2D eigenvalue weighted by molar-refractivity contribution is 6.33. The number of ether oxygens (including phenoxy) is 1. The highest BCUT2D eigenvalue weighted by atomic mass is 35.5. The summed E-state index contributed by atoms with van der Waals surface area (Å²) < 4.78 is 4.58. The Morgan fingerprint density at radius 1 is 1.53 bits per heavy atom. The summed E-state index contributed by atoms with van der Waals surface area (Å²) in [6.45, 7) is 1.90. The summed E-state index contributed by atoms with van der Waals surface area (Å²) in [7, 11) is 1.38. The molecule has 0 bridgehead atoms. The van der Waals surface area contributed by atoms with Gasteiger partial charge in [0.05, 0.1) is 24.2 Å². The van der Waals surface area contributed by atoms with E-state index >= 15 is 0 Å². The summed E-state index contributed by atoms with van der Waals surface area (Å²) in [5, 5.41) is 3.79. The Labute approximate surface area is 94.4 Å². The van der Waals surface area contributed by atoms with E-state index in [0.717, 1.165) is 5.69 Å².